The van der Waals surface area contributed by atoms with Gasteiger partial charge in [-0.25, -0.2) is 4.79 Å². The zero-order chi connectivity index (χ0) is 21.0. The summed E-state index contributed by atoms with van der Waals surface area (Å²) in [6.45, 7) is 1.80. The number of benzene rings is 1. The molecule has 152 valence electrons. The third-order valence-corrected chi connectivity index (χ3v) is 5.14. The standard InChI is InChI=1S/C18H18N4O6S/c1-2-20(10-16(23)19-9-13-4-3-7-29-13)17(24)11-21-14-8-12(22(26)27)5-6-15(14)28-18(21)25/h3-8H,2,9-11H2,1H3,(H,19,23). The van der Waals surface area contributed by atoms with E-state index in [2.05, 4.69) is 5.32 Å². The predicted molar refractivity (Wildman–Crippen MR) is 106 cm³/mol. The predicted octanol–water partition coefficient (Wildman–Crippen LogP) is 1.73. The number of oxazole rings is 1. The molecule has 2 aromatic heterocycles. The molecule has 0 saturated carbocycles. The van der Waals surface area contributed by atoms with Gasteiger partial charge in [0, 0.05) is 23.6 Å². The first-order valence-electron chi connectivity index (χ1n) is 8.73. The van der Waals surface area contributed by atoms with Gasteiger partial charge >= 0.3 is 5.76 Å². The number of carbonyl (C=O) groups is 2. The first kappa shape index (κ1) is 20.3. The second kappa shape index (κ2) is 8.69. The fraction of sp³-hybridized carbons (Fsp3) is 0.278. The molecule has 0 unspecified atom stereocenters. The van der Waals surface area contributed by atoms with E-state index in [4.69, 9.17) is 4.42 Å². The molecule has 10 nitrogen and oxygen atoms in total. The number of fused-ring (bicyclic) bond motifs is 1. The summed E-state index contributed by atoms with van der Waals surface area (Å²) in [6.07, 6.45) is 0. The average Bonchev–Trinajstić information content (AvgIpc) is 3.32. The number of thiophene rings is 1. The summed E-state index contributed by atoms with van der Waals surface area (Å²) < 4.78 is 6.07. The Morgan fingerprint density at radius 3 is 2.79 bits per heavy atom. The van der Waals surface area contributed by atoms with E-state index in [1.54, 1.807) is 6.92 Å². The average molecular weight is 418 g/mol. The molecular formula is C18H18N4O6S. The molecule has 11 heteroatoms. The van der Waals surface area contributed by atoms with E-state index in [-0.39, 0.29) is 42.3 Å². The zero-order valence-corrected chi connectivity index (χ0v) is 16.3. The van der Waals surface area contributed by atoms with Crippen molar-refractivity contribution in [3.63, 3.8) is 0 Å². The Kier molecular flexibility index (Phi) is 6.07. The fourth-order valence-electron chi connectivity index (χ4n) is 2.75. The number of nitrogens with zero attached hydrogens (tertiary/aromatic N) is 3. The number of aromatic nitrogens is 1. The number of hydrogen-bond donors (Lipinski definition) is 1. The summed E-state index contributed by atoms with van der Waals surface area (Å²) in [6, 6.07) is 7.48. The number of nitro groups is 1. The van der Waals surface area contributed by atoms with Gasteiger partial charge in [0.05, 0.1) is 23.5 Å². The minimum absolute atomic E-state index is 0.144. The minimum Gasteiger partial charge on any atom is -0.408 e. The number of hydrogen-bond acceptors (Lipinski definition) is 7. The first-order chi connectivity index (χ1) is 13.9. The van der Waals surface area contributed by atoms with E-state index >= 15 is 0 Å². The van der Waals surface area contributed by atoms with Crippen molar-refractivity contribution in [3.8, 4) is 0 Å². The molecule has 2 heterocycles. The summed E-state index contributed by atoms with van der Waals surface area (Å²) in [5.74, 6) is -1.60. The van der Waals surface area contributed by atoms with Crippen LogP contribution in [0, 0.1) is 10.1 Å². The van der Waals surface area contributed by atoms with Crippen LogP contribution in [0.4, 0.5) is 5.69 Å². The Morgan fingerprint density at radius 2 is 2.14 bits per heavy atom. The molecule has 0 aliphatic heterocycles. The van der Waals surface area contributed by atoms with Crippen LogP contribution < -0.4 is 11.1 Å². The molecule has 0 saturated heterocycles. The smallest absolute Gasteiger partial charge is 0.408 e. The number of carbonyl (C=O) groups excluding carboxylic acids is 2. The van der Waals surface area contributed by atoms with Crippen LogP contribution in [0.3, 0.4) is 0 Å². The molecule has 3 rings (SSSR count). The van der Waals surface area contributed by atoms with Crippen molar-refractivity contribution in [2.45, 2.75) is 20.0 Å². The molecule has 0 spiro atoms. The van der Waals surface area contributed by atoms with Gasteiger partial charge in [-0.1, -0.05) is 6.07 Å². The lowest BCUT2D eigenvalue weighted by atomic mass is 10.3. The quantitative estimate of drug-likeness (QED) is 0.438. The fourth-order valence-corrected chi connectivity index (χ4v) is 3.40. The Balaban J connectivity index is 1.71. The van der Waals surface area contributed by atoms with Gasteiger partial charge in [-0.2, -0.15) is 0 Å². The molecule has 29 heavy (non-hydrogen) atoms. The van der Waals surface area contributed by atoms with Crippen LogP contribution >= 0.6 is 11.3 Å². The second-order valence-corrected chi connectivity index (χ2v) is 7.16. The highest BCUT2D eigenvalue weighted by atomic mass is 32.1. The van der Waals surface area contributed by atoms with Gasteiger partial charge in [-0.05, 0) is 24.4 Å². The number of non-ortho nitro benzene ring substituents is 1. The largest absolute Gasteiger partial charge is 0.420 e. The van der Waals surface area contributed by atoms with Gasteiger partial charge in [-0.15, -0.1) is 11.3 Å². The summed E-state index contributed by atoms with van der Waals surface area (Å²) in [5, 5.41) is 15.6. The lowest BCUT2D eigenvalue weighted by Crippen LogP contribution is -2.42. The van der Waals surface area contributed by atoms with Gasteiger partial charge < -0.3 is 14.6 Å². The van der Waals surface area contributed by atoms with Gasteiger partial charge in [0.15, 0.2) is 5.58 Å². The van der Waals surface area contributed by atoms with Crippen molar-refractivity contribution < 1.29 is 18.9 Å². The van der Waals surface area contributed by atoms with Gasteiger partial charge in [0.2, 0.25) is 11.8 Å². The van der Waals surface area contributed by atoms with Crippen molar-refractivity contribution >= 4 is 39.9 Å². The van der Waals surface area contributed by atoms with Crippen LogP contribution in [0.5, 0.6) is 0 Å². The Labute approximate surface area is 168 Å². The molecular weight excluding hydrogens is 400 g/mol. The summed E-state index contributed by atoms with van der Waals surface area (Å²) in [7, 11) is 0. The van der Waals surface area contributed by atoms with Crippen LogP contribution in [-0.4, -0.2) is 39.3 Å². The summed E-state index contributed by atoms with van der Waals surface area (Å²) in [5.41, 5.74) is 0.0701. The highest BCUT2D eigenvalue weighted by molar-refractivity contribution is 7.09. The van der Waals surface area contributed by atoms with Gasteiger partial charge in [0.25, 0.3) is 5.69 Å². The summed E-state index contributed by atoms with van der Waals surface area (Å²) >= 11 is 1.51. The molecule has 0 atom stereocenters. The molecule has 3 aromatic rings. The number of amides is 2. The van der Waals surface area contributed by atoms with Crippen molar-refractivity contribution in [3.05, 3.63) is 61.3 Å². The van der Waals surface area contributed by atoms with Gasteiger partial charge in [0.1, 0.15) is 6.54 Å². The molecule has 0 aliphatic rings. The molecule has 2 amide bonds. The van der Waals surface area contributed by atoms with E-state index in [1.807, 2.05) is 17.5 Å². The van der Waals surface area contributed by atoms with Crippen molar-refractivity contribution in [1.82, 2.24) is 14.8 Å². The van der Waals surface area contributed by atoms with Crippen LogP contribution in [0.2, 0.25) is 0 Å². The molecule has 0 aliphatic carbocycles. The van der Waals surface area contributed by atoms with E-state index in [0.29, 0.717) is 6.54 Å². The maximum absolute atomic E-state index is 12.6. The second-order valence-electron chi connectivity index (χ2n) is 6.13. The van der Waals surface area contributed by atoms with Crippen molar-refractivity contribution in [2.24, 2.45) is 0 Å². The van der Waals surface area contributed by atoms with Crippen molar-refractivity contribution in [1.29, 1.82) is 0 Å². The maximum atomic E-state index is 12.6. The van der Waals surface area contributed by atoms with Gasteiger partial charge in [-0.3, -0.25) is 24.3 Å². The number of rotatable bonds is 8. The summed E-state index contributed by atoms with van der Waals surface area (Å²) in [4.78, 5) is 49.6. The Morgan fingerprint density at radius 1 is 1.34 bits per heavy atom. The van der Waals surface area contributed by atoms with Crippen molar-refractivity contribution in [2.75, 3.05) is 13.1 Å². The van der Waals surface area contributed by atoms with E-state index < -0.39 is 16.6 Å². The molecule has 0 radical (unpaired) electrons. The normalized spacial score (nSPS) is 10.8. The molecule has 0 fully saturated rings. The number of nitro benzene ring substituents is 1. The highest BCUT2D eigenvalue weighted by Gasteiger charge is 2.20. The lowest BCUT2D eigenvalue weighted by Gasteiger charge is -2.20. The molecule has 1 N–H and O–H groups in total. The maximum Gasteiger partial charge on any atom is 0.420 e. The van der Waals surface area contributed by atoms with Crippen LogP contribution in [0.25, 0.3) is 11.1 Å². The lowest BCUT2D eigenvalue weighted by molar-refractivity contribution is -0.384. The number of likely N-dealkylation sites (N-methyl/N-ethyl adjacent to an activating group) is 1. The Hall–Kier alpha value is -3.47. The van der Waals surface area contributed by atoms with Crippen LogP contribution in [-0.2, 0) is 22.7 Å². The van der Waals surface area contributed by atoms with Crippen LogP contribution in [0.1, 0.15) is 11.8 Å². The molecule has 0 bridgehead atoms. The first-order valence-corrected chi connectivity index (χ1v) is 9.61. The topological polar surface area (TPSA) is 128 Å². The van der Waals surface area contributed by atoms with E-state index in [9.17, 15) is 24.5 Å². The SMILES string of the molecule is CCN(CC(=O)NCc1cccs1)C(=O)Cn1c(=O)oc2ccc([N+](=O)[O-])cc21. The third kappa shape index (κ3) is 4.69. The van der Waals surface area contributed by atoms with Crippen LogP contribution in [0.15, 0.2) is 44.9 Å². The monoisotopic (exact) mass is 418 g/mol. The number of nitrogens with one attached hydrogen (secondary N) is 1. The zero-order valence-electron chi connectivity index (χ0n) is 15.5. The van der Waals surface area contributed by atoms with E-state index in [1.165, 1.54) is 34.4 Å². The Bertz CT molecular complexity index is 1100. The van der Waals surface area contributed by atoms with E-state index in [0.717, 1.165) is 9.44 Å². The highest BCUT2D eigenvalue weighted by Crippen LogP contribution is 2.20. The molecule has 1 aromatic carbocycles. The minimum atomic E-state index is -0.799. The third-order valence-electron chi connectivity index (χ3n) is 4.26.